The van der Waals surface area contributed by atoms with Crippen LogP contribution in [0.1, 0.15) is 66.8 Å². The lowest BCUT2D eigenvalue weighted by molar-refractivity contribution is 0.0687. The summed E-state index contributed by atoms with van der Waals surface area (Å²) < 4.78 is 0. The van der Waals surface area contributed by atoms with Crippen molar-refractivity contribution in [2.24, 2.45) is 5.41 Å². The van der Waals surface area contributed by atoms with E-state index in [9.17, 15) is 9.59 Å². The molecule has 1 saturated heterocycles. The van der Waals surface area contributed by atoms with Crippen molar-refractivity contribution in [2.75, 3.05) is 13.1 Å². The minimum Gasteiger partial charge on any atom is -0.477 e. The first kappa shape index (κ1) is 16.5. The smallest absolute Gasteiger partial charge is 0.354 e. The predicted molar refractivity (Wildman–Crippen MR) is 84.0 cm³/mol. The zero-order chi connectivity index (χ0) is 16.2. The predicted octanol–water partition coefficient (Wildman–Crippen LogP) is 3.21. The van der Waals surface area contributed by atoms with Crippen molar-refractivity contribution in [3.63, 3.8) is 0 Å². The summed E-state index contributed by atoms with van der Waals surface area (Å²) in [5.74, 6) is -1.13. The van der Waals surface area contributed by atoms with Gasteiger partial charge in [-0.3, -0.25) is 4.79 Å². The van der Waals surface area contributed by atoms with E-state index in [4.69, 9.17) is 5.11 Å². The minimum atomic E-state index is -1.08. The molecule has 0 unspecified atom stereocenters. The third-order valence-corrected chi connectivity index (χ3v) is 5.06. The quantitative estimate of drug-likeness (QED) is 0.927. The molecule has 5 heteroatoms. The van der Waals surface area contributed by atoms with Gasteiger partial charge in [0, 0.05) is 19.3 Å². The molecule has 0 bridgehead atoms. The largest absolute Gasteiger partial charge is 0.477 e. The van der Waals surface area contributed by atoms with Gasteiger partial charge in [0.15, 0.2) is 0 Å². The van der Waals surface area contributed by atoms with Crippen LogP contribution in [0, 0.1) is 5.41 Å². The lowest BCUT2D eigenvalue weighted by atomic mass is 9.76. The van der Waals surface area contributed by atoms with E-state index in [2.05, 4.69) is 18.8 Å². The Morgan fingerprint density at radius 1 is 1.23 bits per heavy atom. The first-order valence-electron chi connectivity index (χ1n) is 8.00. The number of carbonyl (C=O) groups is 2. The summed E-state index contributed by atoms with van der Waals surface area (Å²) >= 11 is 0. The SMILES string of the molecule is CCC1(CC)CCCN(C(=O)c2ccc(C(=O)O)nc2)CC1. The Labute approximate surface area is 131 Å². The Hall–Kier alpha value is -1.91. The van der Waals surface area contributed by atoms with Gasteiger partial charge in [-0.15, -0.1) is 0 Å². The number of likely N-dealkylation sites (tertiary alicyclic amines) is 1. The second-order valence-electron chi connectivity index (χ2n) is 6.09. The molecular formula is C17H24N2O3. The Kier molecular flexibility index (Phi) is 5.16. The molecule has 0 radical (unpaired) electrons. The van der Waals surface area contributed by atoms with Gasteiger partial charge in [-0.1, -0.05) is 26.7 Å². The number of hydrogen-bond donors (Lipinski definition) is 1. The molecule has 1 aromatic heterocycles. The van der Waals surface area contributed by atoms with Crippen LogP contribution >= 0.6 is 0 Å². The third kappa shape index (κ3) is 3.46. The maximum Gasteiger partial charge on any atom is 0.354 e. The molecule has 0 spiro atoms. The highest BCUT2D eigenvalue weighted by molar-refractivity contribution is 5.94. The number of pyridine rings is 1. The van der Waals surface area contributed by atoms with Crippen LogP contribution in [-0.4, -0.2) is 40.0 Å². The van der Waals surface area contributed by atoms with Crippen LogP contribution in [0.15, 0.2) is 18.3 Å². The fourth-order valence-corrected chi connectivity index (χ4v) is 3.24. The van der Waals surface area contributed by atoms with Crippen molar-refractivity contribution in [1.29, 1.82) is 0 Å². The van der Waals surface area contributed by atoms with Gasteiger partial charge in [0.2, 0.25) is 0 Å². The highest BCUT2D eigenvalue weighted by Gasteiger charge is 2.30. The molecule has 1 aliphatic heterocycles. The maximum absolute atomic E-state index is 12.6. The van der Waals surface area contributed by atoms with Gasteiger partial charge < -0.3 is 10.0 Å². The number of carbonyl (C=O) groups excluding carboxylic acids is 1. The van der Waals surface area contributed by atoms with Crippen molar-refractivity contribution in [2.45, 2.75) is 46.0 Å². The monoisotopic (exact) mass is 304 g/mol. The summed E-state index contributed by atoms with van der Waals surface area (Å²) in [5, 5.41) is 8.85. The van der Waals surface area contributed by atoms with Crippen LogP contribution in [-0.2, 0) is 0 Å². The topological polar surface area (TPSA) is 70.5 Å². The Morgan fingerprint density at radius 3 is 2.50 bits per heavy atom. The van der Waals surface area contributed by atoms with Gasteiger partial charge in [0.25, 0.3) is 5.91 Å². The van der Waals surface area contributed by atoms with E-state index in [1.165, 1.54) is 18.7 Å². The first-order chi connectivity index (χ1) is 10.5. The second kappa shape index (κ2) is 6.90. The van der Waals surface area contributed by atoms with Gasteiger partial charge in [-0.05, 0) is 36.8 Å². The summed E-state index contributed by atoms with van der Waals surface area (Å²) in [6, 6.07) is 2.94. The molecular weight excluding hydrogens is 280 g/mol. The molecule has 0 aromatic carbocycles. The van der Waals surface area contributed by atoms with Crippen LogP contribution < -0.4 is 0 Å². The number of amides is 1. The molecule has 1 N–H and O–H groups in total. The molecule has 0 saturated carbocycles. The summed E-state index contributed by atoms with van der Waals surface area (Å²) in [6.07, 6.45) is 6.89. The number of carboxylic acid groups (broad SMARTS) is 1. The minimum absolute atomic E-state index is 0.0385. The molecule has 22 heavy (non-hydrogen) atoms. The molecule has 2 heterocycles. The number of carboxylic acids is 1. The van der Waals surface area contributed by atoms with Crippen molar-refractivity contribution in [1.82, 2.24) is 9.88 Å². The number of hydrogen-bond acceptors (Lipinski definition) is 3. The number of rotatable bonds is 4. The summed E-state index contributed by atoms with van der Waals surface area (Å²) in [5.41, 5.74) is 0.786. The van der Waals surface area contributed by atoms with Crippen molar-refractivity contribution in [3.05, 3.63) is 29.6 Å². The normalized spacial score (nSPS) is 17.8. The lowest BCUT2D eigenvalue weighted by Crippen LogP contribution is -2.32. The second-order valence-corrected chi connectivity index (χ2v) is 6.09. The molecule has 1 amide bonds. The molecule has 2 rings (SSSR count). The third-order valence-electron chi connectivity index (χ3n) is 5.06. The number of aromatic nitrogens is 1. The van der Waals surface area contributed by atoms with E-state index in [-0.39, 0.29) is 11.6 Å². The van der Waals surface area contributed by atoms with Crippen LogP contribution in [0.3, 0.4) is 0 Å². The molecule has 1 fully saturated rings. The molecule has 5 nitrogen and oxygen atoms in total. The van der Waals surface area contributed by atoms with E-state index < -0.39 is 5.97 Å². The highest BCUT2D eigenvalue weighted by Crippen LogP contribution is 2.38. The van der Waals surface area contributed by atoms with Gasteiger partial charge in [0.1, 0.15) is 5.69 Å². The summed E-state index contributed by atoms with van der Waals surface area (Å²) in [6.45, 7) is 5.99. The van der Waals surface area contributed by atoms with E-state index in [0.717, 1.165) is 38.8 Å². The van der Waals surface area contributed by atoms with Crippen LogP contribution in [0.4, 0.5) is 0 Å². The molecule has 120 valence electrons. The fraction of sp³-hybridized carbons (Fsp3) is 0.588. The van der Waals surface area contributed by atoms with E-state index in [0.29, 0.717) is 11.0 Å². The van der Waals surface area contributed by atoms with Crippen molar-refractivity contribution >= 4 is 11.9 Å². The maximum atomic E-state index is 12.6. The van der Waals surface area contributed by atoms with Crippen LogP contribution in [0.5, 0.6) is 0 Å². The van der Waals surface area contributed by atoms with Gasteiger partial charge >= 0.3 is 5.97 Å². The zero-order valence-electron chi connectivity index (χ0n) is 13.3. The van der Waals surface area contributed by atoms with Crippen molar-refractivity contribution < 1.29 is 14.7 Å². The average Bonchev–Trinajstić information content (AvgIpc) is 2.77. The number of aromatic carboxylic acids is 1. The molecule has 1 aromatic rings. The van der Waals surface area contributed by atoms with Gasteiger partial charge in [-0.25, -0.2) is 9.78 Å². The summed E-state index contributed by atoms with van der Waals surface area (Å²) in [7, 11) is 0. The van der Waals surface area contributed by atoms with E-state index >= 15 is 0 Å². The van der Waals surface area contributed by atoms with E-state index in [1.54, 1.807) is 6.07 Å². The zero-order valence-corrected chi connectivity index (χ0v) is 13.3. The number of nitrogens with zero attached hydrogens (tertiary/aromatic N) is 2. The molecule has 0 atom stereocenters. The Balaban J connectivity index is 2.08. The summed E-state index contributed by atoms with van der Waals surface area (Å²) in [4.78, 5) is 29.1. The van der Waals surface area contributed by atoms with Gasteiger partial charge in [0.05, 0.1) is 5.56 Å². The molecule has 0 aliphatic carbocycles. The standard InChI is InChI=1S/C17H24N2O3/c1-3-17(4-2)8-5-10-19(11-9-17)15(20)13-6-7-14(16(21)22)18-12-13/h6-7,12H,3-5,8-11H2,1-2H3,(H,21,22). The molecule has 1 aliphatic rings. The lowest BCUT2D eigenvalue weighted by Gasteiger charge is -2.30. The van der Waals surface area contributed by atoms with Crippen LogP contribution in [0.25, 0.3) is 0 Å². The average molecular weight is 304 g/mol. The Bertz CT molecular complexity index is 535. The van der Waals surface area contributed by atoms with Crippen molar-refractivity contribution in [3.8, 4) is 0 Å². The first-order valence-corrected chi connectivity index (χ1v) is 8.00. The van der Waals surface area contributed by atoms with Gasteiger partial charge in [-0.2, -0.15) is 0 Å². The fourth-order valence-electron chi connectivity index (χ4n) is 3.24. The van der Waals surface area contributed by atoms with Crippen LogP contribution in [0.2, 0.25) is 0 Å². The Morgan fingerprint density at radius 2 is 1.95 bits per heavy atom. The van der Waals surface area contributed by atoms with E-state index in [1.807, 2.05) is 4.90 Å². The highest BCUT2D eigenvalue weighted by atomic mass is 16.4.